The third-order valence-electron chi connectivity index (χ3n) is 6.65. The lowest BCUT2D eigenvalue weighted by atomic mass is 9.79. The highest BCUT2D eigenvalue weighted by atomic mass is 19.1. The van der Waals surface area contributed by atoms with Gasteiger partial charge in [-0.1, -0.05) is 12.1 Å². The number of nitrogens with one attached hydrogen (secondary N) is 1. The normalized spacial score (nSPS) is 16.6. The smallest absolute Gasteiger partial charge is 0.254 e. The molecule has 1 N–H and O–H groups in total. The van der Waals surface area contributed by atoms with Crippen LogP contribution in [0.25, 0.3) is 0 Å². The third-order valence-corrected chi connectivity index (χ3v) is 6.65. The van der Waals surface area contributed by atoms with E-state index in [2.05, 4.69) is 5.32 Å². The second-order valence-electron chi connectivity index (χ2n) is 8.70. The fraction of sp³-hybridized carbons (Fsp3) is 0.286. The molecule has 0 aliphatic carbocycles. The fourth-order valence-corrected chi connectivity index (χ4v) is 4.68. The maximum absolute atomic E-state index is 14.2. The minimum atomic E-state index is -0.875. The SMILES string of the molecule is COc1ccc([C@@H]2[C@@H](C(=O)Nc3ccc(C)c(F)c3)c3cc(OC)c(OC)cc3C(=O)N2C)cc1OC. The average molecular weight is 509 g/mol. The number of hydrogen-bond acceptors (Lipinski definition) is 6. The Hall–Kier alpha value is -4.27. The molecule has 8 nitrogen and oxygen atoms in total. The molecule has 1 heterocycles. The van der Waals surface area contributed by atoms with Crippen molar-refractivity contribution >= 4 is 17.5 Å². The number of ether oxygens (including phenoxy) is 4. The van der Waals surface area contributed by atoms with Crippen LogP contribution in [0.5, 0.6) is 23.0 Å². The Kier molecular flexibility index (Phi) is 7.24. The largest absolute Gasteiger partial charge is 0.493 e. The summed E-state index contributed by atoms with van der Waals surface area (Å²) in [5, 5.41) is 2.83. The Labute approximate surface area is 214 Å². The molecular weight excluding hydrogens is 479 g/mol. The van der Waals surface area contributed by atoms with Crippen molar-refractivity contribution in [3.63, 3.8) is 0 Å². The predicted octanol–water partition coefficient (Wildman–Crippen LogP) is 4.72. The number of benzene rings is 3. The van der Waals surface area contributed by atoms with Gasteiger partial charge in [0.1, 0.15) is 5.82 Å². The lowest BCUT2D eigenvalue weighted by Crippen LogP contribution is -2.44. The van der Waals surface area contributed by atoms with Crippen molar-refractivity contribution in [3.05, 3.63) is 76.6 Å². The third kappa shape index (κ3) is 4.64. The van der Waals surface area contributed by atoms with Gasteiger partial charge in [-0.15, -0.1) is 0 Å². The highest BCUT2D eigenvalue weighted by molar-refractivity contribution is 6.05. The summed E-state index contributed by atoms with van der Waals surface area (Å²) in [6.45, 7) is 1.64. The van der Waals surface area contributed by atoms with E-state index in [1.165, 1.54) is 39.4 Å². The van der Waals surface area contributed by atoms with Crippen molar-refractivity contribution < 1.29 is 32.9 Å². The minimum absolute atomic E-state index is 0.291. The number of anilines is 1. The van der Waals surface area contributed by atoms with Gasteiger partial charge in [-0.2, -0.15) is 0 Å². The number of fused-ring (bicyclic) bond motifs is 1. The summed E-state index contributed by atoms with van der Waals surface area (Å²) >= 11 is 0. The zero-order chi connectivity index (χ0) is 26.9. The van der Waals surface area contributed by atoms with Gasteiger partial charge in [0.2, 0.25) is 5.91 Å². The fourth-order valence-electron chi connectivity index (χ4n) is 4.68. The second kappa shape index (κ2) is 10.4. The molecule has 3 aromatic carbocycles. The highest BCUT2D eigenvalue weighted by Gasteiger charge is 2.44. The number of hydrogen-bond donors (Lipinski definition) is 1. The van der Waals surface area contributed by atoms with Crippen LogP contribution in [0.3, 0.4) is 0 Å². The van der Waals surface area contributed by atoms with E-state index in [1.54, 1.807) is 56.4 Å². The monoisotopic (exact) mass is 508 g/mol. The van der Waals surface area contributed by atoms with Gasteiger partial charge in [-0.25, -0.2) is 4.39 Å². The van der Waals surface area contributed by atoms with Crippen molar-refractivity contribution in [2.45, 2.75) is 18.9 Å². The molecule has 0 radical (unpaired) electrons. The van der Waals surface area contributed by atoms with E-state index in [4.69, 9.17) is 18.9 Å². The lowest BCUT2D eigenvalue weighted by Gasteiger charge is -2.40. The molecule has 9 heteroatoms. The number of methoxy groups -OCH3 is 4. The first-order chi connectivity index (χ1) is 17.7. The molecule has 0 spiro atoms. The van der Waals surface area contributed by atoms with E-state index in [9.17, 15) is 14.0 Å². The van der Waals surface area contributed by atoms with Crippen molar-refractivity contribution in [1.29, 1.82) is 0 Å². The molecule has 0 saturated carbocycles. The first-order valence-corrected chi connectivity index (χ1v) is 11.6. The van der Waals surface area contributed by atoms with E-state index in [1.807, 2.05) is 0 Å². The van der Waals surface area contributed by atoms with Gasteiger partial charge in [0.25, 0.3) is 5.91 Å². The summed E-state index contributed by atoms with van der Waals surface area (Å²) in [6.07, 6.45) is 0. The van der Waals surface area contributed by atoms with Crippen LogP contribution in [0, 0.1) is 12.7 Å². The van der Waals surface area contributed by atoms with Crippen molar-refractivity contribution in [1.82, 2.24) is 4.90 Å². The summed E-state index contributed by atoms with van der Waals surface area (Å²) in [5.41, 5.74) is 2.20. The van der Waals surface area contributed by atoms with Crippen molar-refractivity contribution in [2.24, 2.45) is 0 Å². The average Bonchev–Trinajstić information content (AvgIpc) is 2.91. The van der Waals surface area contributed by atoms with Gasteiger partial charge in [0.15, 0.2) is 23.0 Å². The van der Waals surface area contributed by atoms with Gasteiger partial charge in [0, 0.05) is 18.3 Å². The zero-order valence-electron chi connectivity index (χ0n) is 21.5. The summed E-state index contributed by atoms with van der Waals surface area (Å²) in [6, 6.07) is 12.2. The number of aryl methyl sites for hydroxylation is 1. The van der Waals surface area contributed by atoms with Crippen LogP contribution >= 0.6 is 0 Å². The second-order valence-corrected chi connectivity index (χ2v) is 8.70. The Morgan fingerprint density at radius 2 is 1.49 bits per heavy atom. The van der Waals surface area contributed by atoms with Crippen LogP contribution in [0.15, 0.2) is 48.5 Å². The van der Waals surface area contributed by atoms with Crippen LogP contribution < -0.4 is 24.3 Å². The Morgan fingerprint density at radius 1 is 0.865 bits per heavy atom. The standard InChI is InChI=1S/C28H29FN2O6/c1-15-7-9-17(12-20(15)29)30-27(32)25-18-13-23(36-5)24(37-6)14-19(18)28(33)31(2)26(25)16-8-10-21(34-3)22(11-16)35-4/h7-14,25-26H,1-6H3,(H,30,32)/t25-,26+/m0/s1. The minimum Gasteiger partial charge on any atom is -0.493 e. The van der Waals surface area contributed by atoms with Crippen LogP contribution in [0.1, 0.15) is 39.0 Å². The number of nitrogens with zero attached hydrogens (tertiary/aromatic N) is 1. The van der Waals surface area contributed by atoms with E-state index in [-0.39, 0.29) is 5.91 Å². The first-order valence-electron chi connectivity index (χ1n) is 11.6. The van der Waals surface area contributed by atoms with Crippen LogP contribution in [0.2, 0.25) is 0 Å². The molecule has 3 aromatic rings. The van der Waals surface area contributed by atoms with Gasteiger partial charge in [-0.3, -0.25) is 9.59 Å². The molecule has 4 rings (SSSR count). The Morgan fingerprint density at radius 3 is 2.11 bits per heavy atom. The Bertz CT molecular complexity index is 1360. The molecule has 0 bridgehead atoms. The quantitative estimate of drug-likeness (QED) is 0.497. The van der Waals surface area contributed by atoms with Crippen molar-refractivity contribution in [2.75, 3.05) is 40.8 Å². The van der Waals surface area contributed by atoms with E-state index in [0.29, 0.717) is 50.9 Å². The lowest BCUT2D eigenvalue weighted by molar-refractivity contribution is -0.119. The summed E-state index contributed by atoms with van der Waals surface area (Å²) in [4.78, 5) is 29.0. The molecule has 1 aliphatic heterocycles. The summed E-state index contributed by atoms with van der Waals surface area (Å²) in [7, 11) is 7.64. The molecule has 0 saturated heterocycles. The van der Waals surface area contributed by atoms with Gasteiger partial charge in [0.05, 0.1) is 40.4 Å². The van der Waals surface area contributed by atoms with Crippen LogP contribution in [-0.2, 0) is 4.79 Å². The number of carbonyl (C=O) groups is 2. The number of amides is 2. The number of likely N-dealkylation sites (N-methyl/N-ethyl adjacent to an activating group) is 1. The van der Waals surface area contributed by atoms with E-state index < -0.39 is 23.7 Å². The number of halogens is 1. The highest BCUT2D eigenvalue weighted by Crippen LogP contribution is 2.47. The Balaban J connectivity index is 1.90. The van der Waals surface area contributed by atoms with E-state index in [0.717, 1.165) is 0 Å². The maximum atomic E-state index is 14.2. The van der Waals surface area contributed by atoms with Gasteiger partial charge >= 0.3 is 0 Å². The topological polar surface area (TPSA) is 86.3 Å². The molecule has 0 aromatic heterocycles. The first kappa shape index (κ1) is 25.8. The van der Waals surface area contributed by atoms with Gasteiger partial charge in [-0.05, 0) is 60.0 Å². The van der Waals surface area contributed by atoms with Crippen molar-refractivity contribution in [3.8, 4) is 23.0 Å². The maximum Gasteiger partial charge on any atom is 0.254 e. The summed E-state index contributed by atoms with van der Waals surface area (Å²) in [5.74, 6) is -0.303. The molecule has 0 fully saturated rings. The molecular formula is C28H29FN2O6. The molecule has 2 amide bonds. The predicted molar refractivity (Wildman–Crippen MR) is 136 cm³/mol. The number of carbonyl (C=O) groups excluding carboxylic acids is 2. The molecule has 37 heavy (non-hydrogen) atoms. The molecule has 0 unspecified atom stereocenters. The molecule has 1 aliphatic rings. The number of rotatable bonds is 7. The van der Waals surface area contributed by atoms with Gasteiger partial charge < -0.3 is 29.2 Å². The molecule has 2 atom stereocenters. The molecule has 194 valence electrons. The zero-order valence-corrected chi connectivity index (χ0v) is 21.5. The summed E-state index contributed by atoms with van der Waals surface area (Å²) < 4.78 is 36.0. The van der Waals surface area contributed by atoms with Crippen LogP contribution in [0.4, 0.5) is 10.1 Å². The van der Waals surface area contributed by atoms with E-state index >= 15 is 0 Å². The van der Waals surface area contributed by atoms with Crippen LogP contribution in [-0.4, -0.2) is 52.2 Å².